The monoisotopic (exact) mass is 400 g/mol. The third kappa shape index (κ3) is 3.56. The van der Waals surface area contributed by atoms with E-state index in [1.165, 1.54) is 0 Å². The number of carbonyl (C=O) groups is 2. The van der Waals surface area contributed by atoms with Crippen LogP contribution in [0.3, 0.4) is 0 Å². The third-order valence-corrected chi connectivity index (χ3v) is 4.42. The summed E-state index contributed by atoms with van der Waals surface area (Å²) in [5.41, 5.74) is 2.77. The van der Waals surface area contributed by atoms with Gasteiger partial charge in [0, 0.05) is 36.1 Å². The van der Waals surface area contributed by atoms with Crippen LogP contribution < -0.4 is 10.6 Å². The highest BCUT2D eigenvalue weighted by Crippen LogP contribution is 2.22. The highest BCUT2D eigenvalue weighted by molar-refractivity contribution is 9.10. The lowest BCUT2D eigenvalue weighted by molar-refractivity contribution is 0.0942. The van der Waals surface area contributed by atoms with Gasteiger partial charge in [-0.05, 0) is 35.9 Å². The summed E-state index contributed by atoms with van der Waals surface area (Å²) in [4.78, 5) is 24.0. The molecule has 0 saturated heterocycles. The minimum atomic E-state index is -0.237. The first-order chi connectivity index (χ1) is 12.0. The molecule has 7 heteroatoms. The number of fused-ring (bicyclic) bond motifs is 1. The molecule has 0 aliphatic carbocycles. The first-order valence-electron chi connectivity index (χ1n) is 7.71. The normalized spacial score (nSPS) is 10.7. The largest absolute Gasteiger partial charge is 0.355 e. The third-order valence-electron chi connectivity index (χ3n) is 3.92. The molecule has 0 fully saturated rings. The molecular formula is C18H17BrN4O2. The van der Waals surface area contributed by atoms with Crippen molar-refractivity contribution in [3.05, 3.63) is 63.8 Å². The van der Waals surface area contributed by atoms with Crippen molar-refractivity contribution in [3.63, 3.8) is 0 Å². The number of halogens is 1. The summed E-state index contributed by atoms with van der Waals surface area (Å²) in [6.07, 6.45) is 0. The van der Waals surface area contributed by atoms with E-state index in [0.717, 1.165) is 20.9 Å². The van der Waals surface area contributed by atoms with Crippen LogP contribution in [0.2, 0.25) is 0 Å². The van der Waals surface area contributed by atoms with Crippen LogP contribution in [0.1, 0.15) is 26.4 Å². The summed E-state index contributed by atoms with van der Waals surface area (Å²) in [5.74, 6) is -0.375. The predicted molar refractivity (Wildman–Crippen MR) is 99.4 cm³/mol. The van der Waals surface area contributed by atoms with E-state index >= 15 is 0 Å². The molecule has 2 amide bonds. The quantitative estimate of drug-likeness (QED) is 0.706. The molecule has 0 unspecified atom stereocenters. The van der Waals surface area contributed by atoms with Crippen molar-refractivity contribution < 1.29 is 9.59 Å². The maximum atomic E-state index is 12.5. The number of carbonyl (C=O) groups excluding carboxylic acids is 2. The van der Waals surface area contributed by atoms with E-state index in [1.54, 1.807) is 23.9 Å². The van der Waals surface area contributed by atoms with Crippen LogP contribution in [0.5, 0.6) is 0 Å². The van der Waals surface area contributed by atoms with Crippen molar-refractivity contribution >= 4 is 38.6 Å². The van der Waals surface area contributed by atoms with Gasteiger partial charge >= 0.3 is 0 Å². The summed E-state index contributed by atoms with van der Waals surface area (Å²) >= 11 is 3.42. The fourth-order valence-electron chi connectivity index (χ4n) is 2.59. The van der Waals surface area contributed by atoms with Gasteiger partial charge in [0.1, 0.15) is 0 Å². The summed E-state index contributed by atoms with van der Waals surface area (Å²) in [6, 6.07) is 12.8. The van der Waals surface area contributed by atoms with Crippen molar-refractivity contribution in [2.45, 2.75) is 6.54 Å². The van der Waals surface area contributed by atoms with Crippen molar-refractivity contribution in [3.8, 4) is 0 Å². The zero-order chi connectivity index (χ0) is 18.0. The zero-order valence-electron chi connectivity index (χ0n) is 13.8. The number of hydrogen-bond acceptors (Lipinski definition) is 3. The molecule has 0 saturated carbocycles. The average Bonchev–Trinajstić information content (AvgIpc) is 2.95. The Labute approximate surface area is 153 Å². The van der Waals surface area contributed by atoms with E-state index in [0.29, 0.717) is 17.8 Å². The molecule has 0 radical (unpaired) electrons. The van der Waals surface area contributed by atoms with E-state index in [9.17, 15) is 9.59 Å². The summed E-state index contributed by atoms with van der Waals surface area (Å²) in [6.45, 7) is 0.360. The average molecular weight is 401 g/mol. The van der Waals surface area contributed by atoms with E-state index in [4.69, 9.17) is 0 Å². The minimum Gasteiger partial charge on any atom is -0.355 e. The number of rotatable bonds is 4. The van der Waals surface area contributed by atoms with Gasteiger partial charge in [-0.25, -0.2) is 0 Å². The van der Waals surface area contributed by atoms with Crippen LogP contribution in [0.25, 0.3) is 10.9 Å². The van der Waals surface area contributed by atoms with Gasteiger partial charge < -0.3 is 10.6 Å². The number of hydrogen-bond donors (Lipinski definition) is 2. The number of amides is 2. The van der Waals surface area contributed by atoms with Crippen LogP contribution in [0, 0.1) is 0 Å². The lowest BCUT2D eigenvalue weighted by Crippen LogP contribution is -2.23. The Balaban J connectivity index is 1.75. The van der Waals surface area contributed by atoms with E-state index in [2.05, 4.69) is 31.7 Å². The maximum absolute atomic E-state index is 12.5. The second kappa shape index (κ2) is 7.06. The maximum Gasteiger partial charge on any atom is 0.272 e. The van der Waals surface area contributed by atoms with Gasteiger partial charge in [0.25, 0.3) is 11.8 Å². The summed E-state index contributed by atoms with van der Waals surface area (Å²) in [7, 11) is 3.40. The molecule has 0 bridgehead atoms. The standard InChI is InChI=1S/C18H17BrN4O2/c1-20-17(24)12-5-3-11(4-6-12)10-21-18(25)16-14-9-13(19)7-8-15(14)23(2)22-16/h3-9H,10H2,1-2H3,(H,20,24)(H,21,25). The van der Waals surface area contributed by atoms with Gasteiger partial charge in [-0.3, -0.25) is 14.3 Å². The van der Waals surface area contributed by atoms with Crippen molar-refractivity contribution in [2.24, 2.45) is 7.05 Å². The molecule has 25 heavy (non-hydrogen) atoms. The van der Waals surface area contributed by atoms with E-state index in [1.807, 2.05) is 37.4 Å². The Morgan fingerprint density at radius 2 is 1.84 bits per heavy atom. The second-order valence-corrected chi connectivity index (χ2v) is 6.51. The molecule has 0 aliphatic heterocycles. The van der Waals surface area contributed by atoms with Gasteiger partial charge in [0.05, 0.1) is 5.52 Å². The van der Waals surface area contributed by atoms with Crippen molar-refractivity contribution in [2.75, 3.05) is 7.05 Å². The highest BCUT2D eigenvalue weighted by atomic mass is 79.9. The molecule has 3 rings (SSSR count). The number of nitrogens with one attached hydrogen (secondary N) is 2. The Morgan fingerprint density at radius 1 is 1.12 bits per heavy atom. The summed E-state index contributed by atoms with van der Waals surface area (Å²) in [5, 5.41) is 10.6. The van der Waals surface area contributed by atoms with Gasteiger partial charge in [-0.1, -0.05) is 28.1 Å². The van der Waals surface area contributed by atoms with Gasteiger partial charge in [0.15, 0.2) is 5.69 Å². The topological polar surface area (TPSA) is 76.0 Å². The minimum absolute atomic E-state index is 0.138. The van der Waals surface area contributed by atoms with E-state index in [-0.39, 0.29) is 11.8 Å². The van der Waals surface area contributed by atoms with E-state index < -0.39 is 0 Å². The number of benzene rings is 2. The van der Waals surface area contributed by atoms with Gasteiger partial charge in [-0.15, -0.1) is 0 Å². The molecule has 6 nitrogen and oxygen atoms in total. The Morgan fingerprint density at radius 3 is 2.52 bits per heavy atom. The lowest BCUT2D eigenvalue weighted by Gasteiger charge is -2.05. The van der Waals surface area contributed by atoms with Gasteiger partial charge in [-0.2, -0.15) is 5.10 Å². The molecule has 0 spiro atoms. The molecule has 0 aliphatic rings. The second-order valence-electron chi connectivity index (χ2n) is 5.59. The lowest BCUT2D eigenvalue weighted by atomic mass is 10.1. The smallest absolute Gasteiger partial charge is 0.272 e. The fraction of sp³-hybridized carbons (Fsp3) is 0.167. The van der Waals surface area contributed by atoms with Crippen LogP contribution in [-0.4, -0.2) is 28.6 Å². The fourth-order valence-corrected chi connectivity index (χ4v) is 2.95. The number of nitrogens with zero attached hydrogens (tertiary/aromatic N) is 2. The number of aryl methyl sites for hydroxylation is 1. The highest BCUT2D eigenvalue weighted by Gasteiger charge is 2.16. The number of aromatic nitrogens is 2. The Kier molecular flexibility index (Phi) is 4.85. The molecule has 3 aromatic rings. The molecule has 0 atom stereocenters. The van der Waals surface area contributed by atoms with Crippen molar-refractivity contribution in [1.82, 2.24) is 20.4 Å². The molecular weight excluding hydrogens is 384 g/mol. The first-order valence-corrected chi connectivity index (χ1v) is 8.50. The summed E-state index contributed by atoms with van der Waals surface area (Å²) < 4.78 is 2.58. The Bertz CT molecular complexity index is 948. The van der Waals surface area contributed by atoms with Crippen LogP contribution in [0.4, 0.5) is 0 Å². The van der Waals surface area contributed by atoms with Crippen LogP contribution >= 0.6 is 15.9 Å². The zero-order valence-corrected chi connectivity index (χ0v) is 15.4. The SMILES string of the molecule is CNC(=O)c1ccc(CNC(=O)c2nn(C)c3ccc(Br)cc23)cc1. The predicted octanol–water partition coefficient (Wildman–Crippen LogP) is 2.63. The molecule has 128 valence electrons. The van der Waals surface area contributed by atoms with Crippen LogP contribution in [0.15, 0.2) is 46.9 Å². The van der Waals surface area contributed by atoms with Crippen molar-refractivity contribution in [1.29, 1.82) is 0 Å². The first kappa shape index (κ1) is 17.2. The molecule has 1 aromatic heterocycles. The van der Waals surface area contributed by atoms with Gasteiger partial charge in [0.2, 0.25) is 0 Å². The molecule has 2 aromatic carbocycles. The molecule has 2 N–H and O–H groups in total. The molecule has 1 heterocycles. The Hall–Kier alpha value is -2.67. The van der Waals surface area contributed by atoms with Crippen LogP contribution in [-0.2, 0) is 13.6 Å².